The van der Waals surface area contributed by atoms with Crippen LogP contribution in [0.5, 0.6) is 5.75 Å². The van der Waals surface area contributed by atoms with Crippen LogP contribution in [0.25, 0.3) is 11.0 Å². The molecule has 0 saturated heterocycles. The quantitative estimate of drug-likeness (QED) is 0.505. The summed E-state index contributed by atoms with van der Waals surface area (Å²) in [5, 5.41) is 4.51. The number of anilines is 1. The second-order valence-corrected chi connectivity index (χ2v) is 8.73. The molecular formula is C19H19N5O3S2. The molecule has 1 N–H and O–H groups in total. The molecule has 2 aromatic heterocycles. The van der Waals surface area contributed by atoms with Gasteiger partial charge >= 0.3 is 0 Å². The van der Waals surface area contributed by atoms with Gasteiger partial charge in [-0.15, -0.1) is 0 Å². The second kappa shape index (κ2) is 7.45. The van der Waals surface area contributed by atoms with Crippen LogP contribution in [0.1, 0.15) is 17.0 Å². The lowest BCUT2D eigenvalue weighted by Gasteiger charge is -2.10. The number of nitrogens with zero attached hydrogens (tertiary/aromatic N) is 4. The molecule has 2 heterocycles. The first-order valence-corrected chi connectivity index (χ1v) is 11.0. The van der Waals surface area contributed by atoms with Crippen LogP contribution < -0.4 is 9.46 Å². The summed E-state index contributed by atoms with van der Waals surface area (Å²) in [6, 6.07) is 12.6. The molecule has 0 unspecified atom stereocenters. The van der Waals surface area contributed by atoms with Crippen molar-refractivity contribution in [3.8, 4) is 5.75 Å². The van der Waals surface area contributed by atoms with E-state index in [9.17, 15) is 8.42 Å². The van der Waals surface area contributed by atoms with E-state index in [2.05, 4.69) is 18.6 Å². The predicted molar refractivity (Wildman–Crippen MR) is 112 cm³/mol. The van der Waals surface area contributed by atoms with Gasteiger partial charge in [0.1, 0.15) is 21.7 Å². The van der Waals surface area contributed by atoms with Gasteiger partial charge in [-0.25, -0.2) is 8.42 Å². The van der Waals surface area contributed by atoms with Gasteiger partial charge in [-0.05, 0) is 43.7 Å². The van der Waals surface area contributed by atoms with Gasteiger partial charge in [0.25, 0.3) is 10.0 Å². The molecule has 8 nitrogen and oxygen atoms in total. The minimum atomic E-state index is -3.84. The number of ether oxygens (including phenoxy) is 1. The molecule has 4 rings (SSSR count). The minimum absolute atomic E-state index is 0.100. The van der Waals surface area contributed by atoms with Crippen LogP contribution in [0.2, 0.25) is 0 Å². The molecule has 150 valence electrons. The fourth-order valence-electron chi connectivity index (χ4n) is 3.13. The predicted octanol–water partition coefficient (Wildman–Crippen LogP) is 3.36. The van der Waals surface area contributed by atoms with E-state index in [4.69, 9.17) is 4.74 Å². The van der Waals surface area contributed by atoms with Gasteiger partial charge in [0, 0.05) is 0 Å². The molecule has 0 aliphatic heterocycles. The number of benzene rings is 2. The zero-order valence-electron chi connectivity index (χ0n) is 16.1. The number of fused-ring (bicyclic) bond motifs is 1. The molecule has 0 aliphatic rings. The van der Waals surface area contributed by atoms with Crippen LogP contribution in [0.4, 0.5) is 5.69 Å². The number of rotatable bonds is 6. The summed E-state index contributed by atoms with van der Waals surface area (Å²) < 4.78 is 44.0. The Hall–Kier alpha value is -2.98. The number of hydrogen-bond acceptors (Lipinski definition) is 7. The molecule has 2 aromatic carbocycles. The number of aromatic nitrogens is 4. The van der Waals surface area contributed by atoms with E-state index < -0.39 is 10.0 Å². The van der Waals surface area contributed by atoms with E-state index in [1.54, 1.807) is 30.8 Å². The molecular weight excluding hydrogens is 410 g/mol. The number of nitrogens with one attached hydrogen (secondary N) is 1. The van der Waals surface area contributed by atoms with Gasteiger partial charge in [0.2, 0.25) is 0 Å². The highest BCUT2D eigenvalue weighted by atomic mass is 32.2. The Balaban J connectivity index is 1.66. The van der Waals surface area contributed by atoms with Crippen molar-refractivity contribution in [2.24, 2.45) is 0 Å². The van der Waals surface area contributed by atoms with Crippen molar-refractivity contribution in [2.75, 3.05) is 11.8 Å². The third kappa shape index (κ3) is 3.68. The summed E-state index contributed by atoms with van der Waals surface area (Å²) in [6.07, 6.45) is 0. The van der Waals surface area contributed by atoms with Gasteiger partial charge in [0.15, 0.2) is 0 Å². The number of methoxy groups -OCH3 is 1. The normalized spacial score (nSPS) is 11.7. The molecule has 29 heavy (non-hydrogen) atoms. The summed E-state index contributed by atoms with van der Waals surface area (Å²) in [6.45, 7) is 4.11. The maximum absolute atomic E-state index is 13.0. The zero-order chi connectivity index (χ0) is 20.6. The third-order valence-corrected chi connectivity index (χ3v) is 6.55. The van der Waals surface area contributed by atoms with Crippen molar-refractivity contribution in [3.05, 3.63) is 59.4 Å². The molecule has 4 aromatic rings. The molecule has 0 fully saturated rings. The zero-order valence-corrected chi connectivity index (χ0v) is 17.7. The summed E-state index contributed by atoms with van der Waals surface area (Å²) in [7, 11) is -2.23. The standard InChI is InChI=1S/C19H19N5O3S2/c1-12-18(13(2)24(20-12)11-14-6-4-7-15(10-14)27-3)23-29(25,26)17-9-5-8-16-19(17)22-28-21-16/h4-10,23H,11H2,1-3H3. The van der Waals surface area contributed by atoms with Crippen molar-refractivity contribution in [1.29, 1.82) is 0 Å². The van der Waals surface area contributed by atoms with Crippen LogP contribution in [-0.2, 0) is 16.6 Å². The maximum Gasteiger partial charge on any atom is 0.264 e. The van der Waals surface area contributed by atoms with Crippen LogP contribution in [0.15, 0.2) is 47.4 Å². The number of sulfonamides is 1. The molecule has 0 spiro atoms. The highest BCUT2D eigenvalue weighted by molar-refractivity contribution is 7.93. The Labute approximate surface area is 172 Å². The first-order chi connectivity index (χ1) is 13.9. The van der Waals surface area contributed by atoms with Crippen molar-refractivity contribution >= 4 is 38.5 Å². The van der Waals surface area contributed by atoms with Crippen LogP contribution in [0, 0.1) is 13.8 Å². The lowest BCUT2D eigenvalue weighted by molar-refractivity contribution is 0.414. The Morgan fingerprint density at radius 3 is 2.72 bits per heavy atom. The molecule has 0 bridgehead atoms. The molecule has 10 heteroatoms. The smallest absolute Gasteiger partial charge is 0.264 e. The average molecular weight is 430 g/mol. The summed E-state index contributed by atoms with van der Waals surface area (Å²) in [5.74, 6) is 0.759. The Morgan fingerprint density at radius 1 is 1.14 bits per heavy atom. The summed E-state index contributed by atoms with van der Waals surface area (Å²) in [5.41, 5.74) is 3.70. The molecule has 0 saturated carbocycles. The van der Waals surface area contributed by atoms with E-state index in [0.29, 0.717) is 29.0 Å². The lowest BCUT2D eigenvalue weighted by Crippen LogP contribution is -2.15. The van der Waals surface area contributed by atoms with E-state index in [-0.39, 0.29) is 4.90 Å². The minimum Gasteiger partial charge on any atom is -0.497 e. The fraction of sp³-hybridized carbons (Fsp3) is 0.211. The van der Waals surface area contributed by atoms with Gasteiger partial charge in [0.05, 0.1) is 42.5 Å². The monoisotopic (exact) mass is 429 g/mol. The highest BCUT2D eigenvalue weighted by Gasteiger charge is 2.23. The van der Waals surface area contributed by atoms with E-state index in [1.807, 2.05) is 31.2 Å². The molecule has 0 radical (unpaired) electrons. The van der Waals surface area contributed by atoms with Gasteiger partial charge < -0.3 is 4.74 Å². The summed E-state index contributed by atoms with van der Waals surface area (Å²) in [4.78, 5) is 0.100. The van der Waals surface area contributed by atoms with Crippen molar-refractivity contribution < 1.29 is 13.2 Å². The van der Waals surface area contributed by atoms with Crippen LogP contribution in [-0.4, -0.2) is 34.1 Å². The lowest BCUT2D eigenvalue weighted by atomic mass is 10.2. The highest BCUT2D eigenvalue weighted by Crippen LogP contribution is 2.27. The average Bonchev–Trinajstić information content (AvgIpc) is 3.28. The first-order valence-electron chi connectivity index (χ1n) is 8.80. The Morgan fingerprint density at radius 2 is 1.93 bits per heavy atom. The SMILES string of the molecule is COc1cccc(Cn2nc(C)c(NS(=O)(=O)c3cccc4nsnc34)c2C)c1. The van der Waals surface area contributed by atoms with Crippen LogP contribution >= 0.6 is 11.7 Å². The number of hydrogen-bond donors (Lipinski definition) is 1. The Bertz CT molecular complexity index is 1290. The largest absolute Gasteiger partial charge is 0.497 e. The van der Waals surface area contributed by atoms with Crippen LogP contribution in [0.3, 0.4) is 0 Å². The van der Waals surface area contributed by atoms with E-state index in [1.165, 1.54) is 6.07 Å². The van der Waals surface area contributed by atoms with Gasteiger partial charge in [-0.2, -0.15) is 13.8 Å². The molecule has 0 amide bonds. The van der Waals surface area contributed by atoms with Gasteiger partial charge in [-0.1, -0.05) is 18.2 Å². The third-order valence-electron chi connectivity index (χ3n) is 4.62. The van der Waals surface area contributed by atoms with E-state index in [0.717, 1.165) is 28.7 Å². The van der Waals surface area contributed by atoms with Gasteiger partial charge in [-0.3, -0.25) is 9.40 Å². The van der Waals surface area contributed by atoms with Crippen molar-refractivity contribution in [2.45, 2.75) is 25.3 Å². The maximum atomic E-state index is 13.0. The molecule has 0 atom stereocenters. The topological polar surface area (TPSA) is 99.0 Å². The second-order valence-electron chi connectivity index (χ2n) is 6.55. The Kier molecular flexibility index (Phi) is 4.97. The summed E-state index contributed by atoms with van der Waals surface area (Å²) >= 11 is 0.985. The first kappa shape index (κ1) is 19.3. The van der Waals surface area contributed by atoms with Crippen molar-refractivity contribution in [1.82, 2.24) is 18.5 Å². The molecule has 0 aliphatic carbocycles. The fourth-order valence-corrected chi connectivity index (χ4v) is 5.07. The van der Waals surface area contributed by atoms with E-state index >= 15 is 0 Å². The van der Waals surface area contributed by atoms with Crippen molar-refractivity contribution in [3.63, 3.8) is 0 Å². The number of aryl methyl sites for hydroxylation is 1.